The molecule has 0 aliphatic rings. The molecule has 0 N–H and O–H groups in total. The van der Waals surface area contributed by atoms with E-state index in [4.69, 9.17) is 9.47 Å². The van der Waals surface area contributed by atoms with Gasteiger partial charge < -0.3 is 14.0 Å². The number of benzene rings is 2. The Morgan fingerprint density at radius 1 is 0.879 bits per heavy atom. The van der Waals surface area contributed by atoms with Gasteiger partial charge in [0.05, 0.1) is 26.1 Å². The van der Waals surface area contributed by atoms with Gasteiger partial charge in [-0.1, -0.05) is 54.6 Å². The molecule has 0 unspecified atom stereocenters. The Morgan fingerprint density at radius 3 is 2.24 bits per heavy atom. The zero-order valence-electron chi connectivity index (χ0n) is 18.5. The van der Waals surface area contributed by atoms with E-state index in [0.29, 0.717) is 34.5 Å². The van der Waals surface area contributed by atoms with Gasteiger partial charge in [-0.15, -0.1) is 0 Å². The molecule has 0 radical (unpaired) electrons. The highest BCUT2D eigenvalue weighted by atomic mass is 16.6. The number of carbonyl (C=O) groups is 2. The third-order valence-corrected chi connectivity index (χ3v) is 5.17. The van der Waals surface area contributed by atoms with Crippen molar-refractivity contribution < 1.29 is 19.1 Å². The molecule has 2 aromatic heterocycles. The monoisotopic (exact) mass is 444 g/mol. The quantitative estimate of drug-likeness (QED) is 0.302. The molecule has 2 aromatic carbocycles. The van der Waals surface area contributed by atoms with Crippen molar-refractivity contribution >= 4 is 23.1 Å². The highest BCUT2D eigenvalue weighted by molar-refractivity contribution is 6.03. The van der Waals surface area contributed by atoms with E-state index in [1.165, 1.54) is 6.33 Å². The summed E-state index contributed by atoms with van der Waals surface area (Å²) in [6, 6.07) is 17.1. The largest absolute Gasteiger partial charge is 0.465 e. The molecular formula is C25H24N4O4. The second kappa shape index (κ2) is 10.0. The van der Waals surface area contributed by atoms with Crippen LogP contribution in [0.2, 0.25) is 0 Å². The van der Waals surface area contributed by atoms with Crippen molar-refractivity contribution in [1.29, 1.82) is 0 Å². The summed E-state index contributed by atoms with van der Waals surface area (Å²) in [6.45, 7) is 4.29. The van der Waals surface area contributed by atoms with Crippen LogP contribution in [0, 0.1) is 0 Å². The molecule has 168 valence electrons. The average Bonchev–Trinajstić information content (AvgIpc) is 3.24. The van der Waals surface area contributed by atoms with Gasteiger partial charge in [0.15, 0.2) is 11.6 Å². The number of imidazole rings is 1. The molecule has 0 aliphatic heterocycles. The number of esters is 2. The van der Waals surface area contributed by atoms with Crippen LogP contribution >= 0.6 is 0 Å². The zero-order chi connectivity index (χ0) is 23.2. The predicted octanol–water partition coefficient (Wildman–Crippen LogP) is 3.75. The molecule has 2 heterocycles. The lowest BCUT2D eigenvalue weighted by molar-refractivity contribution is -0.156. The zero-order valence-corrected chi connectivity index (χ0v) is 18.5. The van der Waals surface area contributed by atoms with Crippen LogP contribution in [0.4, 0.5) is 0 Å². The first-order valence-corrected chi connectivity index (χ1v) is 10.8. The Kier molecular flexibility index (Phi) is 6.73. The maximum absolute atomic E-state index is 12.7. The number of hydrogen-bond donors (Lipinski definition) is 0. The van der Waals surface area contributed by atoms with Gasteiger partial charge in [-0.05, 0) is 25.0 Å². The van der Waals surface area contributed by atoms with Crippen LogP contribution in [-0.4, -0.2) is 44.7 Å². The number of fused-ring (bicyclic) bond motifs is 1. The summed E-state index contributed by atoms with van der Waals surface area (Å²) in [7, 11) is 0. The molecule has 8 nitrogen and oxygen atoms in total. The maximum atomic E-state index is 12.7. The summed E-state index contributed by atoms with van der Waals surface area (Å²) in [6.07, 6.45) is 3.17. The molecule has 0 fully saturated rings. The number of nitrogens with zero attached hydrogens (tertiary/aromatic N) is 4. The van der Waals surface area contributed by atoms with Gasteiger partial charge in [-0.3, -0.25) is 9.59 Å². The van der Waals surface area contributed by atoms with Gasteiger partial charge in [0.25, 0.3) is 0 Å². The number of hydrogen-bond acceptors (Lipinski definition) is 7. The first kappa shape index (κ1) is 22.1. The van der Waals surface area contributed by atoms with E-state index in [1.54, 1.807) is 38.4 Å². The minimum absolute atomic E-state index is 0.151. The van der Waals surface area contributed by atoms with Crippen LogP contribution in [0.1, 0.15) is 30.9 Å². The average molecular weight is 444 g/mol. The summed E-state index contributed by atoms with van der Waals surface area (Å²) < 4.78 is 12.3. The van der Waals surface area contributed by atoms with Crippen LogP contribution in [0.5, 0.6) is 0 Å². The van der Waals surface area contributed by atoms with Crippen molar-refractivity contribution in [2.24, 2.45) is 0 Å². The minimum atomic E-state index is -1.22. The van der Waals surface area contributed by atoms with Gasteiger partial charge in [-0.2, -0.15) is 0 Å². The highest BCUT2D eigenvalue weighted by Gasteiger charge is 2.34. The lowest BCUT2D eigenvalue weighted by Gasteiger charge is -2.18. The lowest BCUT2D eigenvalue weighted by Crippen LogP contribution is -2.26. The second-order valence-electron chi connectivity index (χ2n) is 7.28. The summed E-state index contributed by atoms with van der Waals surface area (Å²) in [4.78, 5) is 38.9. The van der Waals surface area contributed by atoms with Crippen molar-refractivity contribution in [1.82, 2.24) is 19.5 Å². The van der Waals surface area contributed by atoms with Crippen molar-refractivity contribution in [3.05, 3.63) is 78.4 Å². The van der Waals surface area contributed by atoms with Gasteiger partial charge >= 0.3 is 11.9 Å². The third-order valence-electron chi connectivity index (χ3n) is 5.17. The molecule has 0 amide bonds. The molecule has 8 heteroatoms. The van der Waals surface area contributed by atoms with Crippen molar-refractivity contribution in [3.8, 4) is 11.3 Å². The molecule has 0 saturated heterocycles. The normalized spacial score (nSPS) is 11.0. The standard InChI is InChI=1S/C25H24N4O4/c1-3-32-24(30)20(25(31)33-4-2)18-12-8-9-13-19(18)21-22-23(27-15-26-21)29(16-28-22)14-17-10-6-5-7-11-17/h5-13,15-16,20H,3-4,14H2,1-2H3. The summed E-state index contributed by atoms with van der Waals surface area (Å²) in [5, 5.41) is 0. The van der Waals surface area contributed by atoms with Crippen molar-refractivity contribution in [2.45, 2.75) is 26.3 Å². The number of ether oxygens (including phenoxy) is 2. The van der Waals surface area contributed by atoms with E-state index in [2.05, 4.69) is 15.0 Å². The predicted molar refractivity (Wildman–Crippen MR) is 122 cm³/mol. The van der Waals surface area contributed by atoms with Crippen LogP contribution in [-0.2, 0) is 25.6 Å². The fraction of sp³-hybridized carbons (Fsp3) is 0.240. The molecular weight excluding hydrogens is 420 g/mol. The SMILES string of the molecule is CCOC(=O)C(C(=O)OCC)c1ccccc1-c1ncnc2c1ncn2Cc1ccccc1. The van der Waals surface area contributed by atoms with Crippen LogP contribution < -0.4 is 0 Å². The first-order chi connectivity index (χ1) is 16.1. The Hall–Kier alpha value is -4.07. The van der Waals surface area contributed by atoms with Crippen molar-refractivity contribution in [3.63, 3.8) is 0 Å². The molecule has 0 spiro atoms. The van der Waals surface area contributed by atoms with Gasteiger partial charge in [0, 0.05) is 5.56 Å². The van der Waals surface area contributed by atoms with Crippen LogP contribution in [0.15, 0.2) is 67.3 Å². The second-order valence-corrected chi connectivity index (χ2v) is 7.28. The van der Waals surface area contributed by atoms with E-state index in [1.807, 2.05) is 41.0 Å². The summed E-state index contributed by atoms with van der Waals surface area (Å²) in [5.74, 6) is -2.55. The van der Waals surface area contributed by atoms with E-state index in [0.717, 1.165) is 5.56 Å². The first-order valence-electron chi connectivity index (χ1n) is 10.8. The molecule has 4 aromatic rings. The molecule has 0 bridgehead atoms. The lowest BCUT2D eigenvalue weighted by atomic mass is 9.92. The molecule has 0 atom stereocenters. The Bertz CT molecular complexity index is 1250. The fourth-order valence-corrected chi connectivity index (χ4v) is 3.74. The molecule has 0 aliphatic carbocycles. The van der Waals surface area contributed by atoms with E-state index in [9.17, 15) is 9.59 Å². The third kappa shape index (κ3) is 4.59. The maximum Gasteiger partial charge on any atom is 0.324 e. The molecule has 4 rings (SSSR count). The Balaban J connectivity index is 1.81. The number of rotatable bonds is 8. The Labute approximate surface area is 191 Å². The minimum Gasteiger partial charge on any atom is -0.465 e. The summed E-state index contributed by atoms with van der Waals surface area (Å²) in [5.41, 5.74) is 3.92. The summed E-state index contributed by atoms with van der Waals surface area (Å²) >= 11 is 0. The van der Waals surface area contributed by atoms with Crippen LogP contribution in [0.25, 0.3) is 22.4 Å². The Morgan fingerprint density at radius 2 is 1.55 bits per heavy atom. The number of aromatic nitrogens is 4. The topological polar surface area (TPSA) is 96.2 Å². The van der Waals surface area contributed by atoms with Crippen molar-refractivity contribution in [2.75, 3.05) is 13.2 Å². The highest BCUT2D eigenvalue weighted by Crippen LogP contribution is 2.33. The van der Waals surface area contributed by atoms with Crippen LogP contribution in [0.3, 0.4) is 0 Å². The van der Waals surface area contributed by atoms with E-state index < -0.39 is 17.9 Å². The molecule has 33 heavy (non-hydrogen) atoms. The van der Waals surface area contributed by atoms with Gasteiger partial charge in [0.1, 0.15) is 17.5 Å². The van der Waals surface area contributed by atoms with E-state index >= 15 is 0 Å². The molecule has 0 saturated carbocycles. The van der Waals surface area contributed by atoms with Gasteiger partial charge in [-0.25, -0.2) is 15.0 Å². The van der Waals surface area contributed by atoms with Gasteiger partial charge in [0.2, 0.25) is 0 Å². The fourth-order valence-electron chi connectivity index (χ4n) is 3.74. The number of carbonyl (C=O) groups excluding carboxylic acids is 2. The smallest absolute Gasteiger partial charge is 0.324 e. The van der Waals surface area contributed by atoms with E-state index in [-0.39, 0.29) is 13.2 Å².